The first-order valence-electron chi connectivity index (χ1n) is 7.54. The quantitative estimate of drug-likeness (QED) is 0.770. The fourth-order valence-electron chi connectivity index (χ4n) is 2.60. The summed E-state index contributed by atoms with van der Waals surface area (Å²) in [6.45, 7) is 0.436. The third-order valence-corrected chi connectivity index (χ3v) is 4.00. The zero-order chi connectivity index (χ0) is 18.6. The number of carbonyl (C=O) groups is 3. The van der Waals surface area contributed by atoms with Crippen LogP contribution in [0.5, 0.6) is 11.5 Å². The molecule has 2 amide bonds. The van der Waals surface area contributed by atoms with Crippen LogP contribution >= 0.6 is 0 Å². The van der Waals surface area contributed by atoms with Crippen LogP contribution in [0.1, 0.15) is 16.8 Å². The fourth-order valence-corrected chi connectivity index (χ4v) is 2.60. The molecular weight excluding hydrogens is 332 g/mol. The second-order valence-electron chi connectivity index (χ2n) is 5.44. The molecule has 9 heteroatoms. The Kier molecular flexibility index (Phi) is 5.68. The van der Waals surface area contributed by atoms with Crippen molar-refractivity contribution in [1.82, 2.24) is 4.90 Å². The van der Waals surface area contributed by atoms with Gasteiger partial charge < -0.3 is 29.5 Å². The predicted octanol–water partition coefficient (Wildman–Crippen LogP) is 1.43. The molecule has 0 saturated carbocycles. The van der Waals surface area contributed by atoms with E-state index in [1.165, 1.54) is 38.4 Å². The zero-order valence-corrected chi connectivity index (χ0v) is 14.2. The van der Waals surface area contributed by atoms with Crippen LogP contribution in [-0.2, 0) is 9.53 Å². The van der Waals surface area contributed by atoms with Crippen molar-refractivity contribution in [1.29, 1.82) is 0 Å². The normalized spacial score (nSPS) is 16.3. The van der Waals surface area contributed by atoms with E-state index >= 15 is 0 Å². The number of carboxylic acid groups (broad SMARTS) is 1. The van der Waals surface area contributed by atoms with Crippen LogP contribution in [0.25, 0.3) is 0 Å². The first-order valence-corrected chi connectivity index (χ1v) is 7.54. The average molecular weight is 352 g/mol. The highest BCUT2D eigenvalue weighted by atomic mass is 16.5. The van der Waals surface area contributed by atoms with Crippen LogP contribution in [0, 0.1) is 5.92 Å². The molecule has 1 saturated heterocycles. The van der Waals surface area contributed by atoms with Crippen molar-refractivity contribution in [3.8, 4) is 11.5 Å². The van der Waals surface area contributed by atoms with Crippen LogP contribution in [0.4, 0.5) is 10.5 Å². The molecular formula is C16H20N2O7. The van der Waals surface area contributed by atoms with Gasteiger partial charge in [0.2, 0.25) is 0 Å². The zero-order valence-electron chi connectivity index (χ0n) is 14.2. The number of likely N-dealkylation sites (tertiary alicyclic amines) is 1. The van der Waals surface area contributed by atoms with Gasteiger partial charge >= 0.3 is 18.0 Å². The highest BCUT2D eigenvalue weighted by Gasteiger charge is 2.31. The molecule has 9 nitrogen and oxygen atoms in total. The van der Waals surface area contributed by atoms with E-state index in [-0.39, 0.29) is 17.8 Å². The van der Waals surface area contributed by atoms with Gasteiger partial charge in [-0.3, -0.25) is 4.79 Å². The molecule has 1 aliphatic rings. The van der Waals surface area contributed by atoms with Gasteiger partial charge in [0.25, 0.3) is 0 Å². The third-order valence-electron chi connectivity index (χ3n) is 4.00. The molecule has 25 heavy (non-hydrogen) atoms. The Balaban J connectivity index is 2.26. The van der Waals surface area contributed by atoms with Crippen molar-refractivity contribution in [2.24, 2.45) is 5.92 Å². The van der Waals surface area contributed by atoms with Crippen LogP contribution in [0.3, 0.4) is 0 Å². The summed E-state index contributed by atoms with van der Waals surface area (Å²) in [6, 6.07) is 2.36. The first kappa shape index (κ1) is 18.4. The summed E-state index contributed by atoms with van der Waals surface area (Å²) in [5, 5.41) is 11.6. The van der Waals surface area contributed by atoms with Gasteiger partial charge in [-0.15, -0.1) is 0 Å². The van der Waals surface area contributed by atoms with Gasteiger partial charge in [0.1, 0.15) is 0 Å². The van der Waals surface area contributed by atoms with Crippen molar-refractivity contribution >= 4 is 23.7 Å². The number of carboxylic acids is 1. The minimum atomic E-state index is -0.934. The summed E-state index contributed by atoms with van der Waals surface area (Å²) in [5.74, 6) is -1.53. The number of benzene rings is 1. The predicted molar refractivity (Wildman–Crippen MR) is 87.2 cm³/mol. The average Bonchev–Trinajstić information content (AvgIpc) is 3.11. The fraction of sp³-hybridized carbons (Fsp3) is 0.438. The molecule has 1 aliphatic heterocycles. The van der Waals surface area contributed by atoms with E-state index in [9.17, 15) is 14.4 Å². The lowest BCUT2D eigenvalue weighted by Gasteiger charge is -2.19. The molecule has 1 aromatic carbocycles. The minimum Gasteiger partial charge on any atom is -0.493 e. The monoisotopic (exact) mass is 352 g/mol. The van der Waals surface area contributed by atoms with Gasteiger partial charge in [-0.25, -0.2) is 9.59 Å². The Labute approximate surface area is 144 Å². The summed E-state index contributed by atoms with van der Waals surface area (Å²) < 4.78 is 15.1. The van der Waals surface area contributed by atoms with Gasteiger partial charge in [-0.1, -0.05) is 0 Å². The third kappa shape index (κ3) is 3.93. The smallest absolute Gasteiger partial charge is 0.340 e. The molecule has 0 aromatic heterocycles. The SMILES string of the molecule is COC(=O)c1cc(OC)c(OC)cc1NC(=O)N1CCC(C(=O)O)C1. The molecule has 1 unspecified atom stereocenters. The van der Waals surface area contributed by atoms with Crippen molar-refractivity contribution < 1.29 is 33.7 Å². The van der Waals surface area contributed by atoms with Crippen LogP contribution in [-0.4, -0.2) is 62.4 Å². The van der Waals surface area contributed by atoms with E-state index in [2.05, 4.69) is 5.32 Å². The number of esters is 1. The van der Waals surface area contributed by atoms with E-state index in [1.54, 1.807) is 0 Å². The van der Waals surface area contributed by atoms with Gasteiger partial charge in [0, 0.05) is 25.2 Å². The Morgan fingerprint density at radius 3 is 2.32 bits per heavy atom. The van der Waals surface area contributed by atoms with Crippen molar-refractivity contribution in [2.75, 3.05) is 39.7 Å². The summed E-state index contributed by atoms with van der Waals surface area (Å²) in [5.41, 5.74) is 0.288. The number of hydrogen-bond acceptors (Lipinski definition) is 6. The molecule has 0 aliphatic carbocycles. The lowest BCUT2D eigenvalue weighted by Crippen LogP contribution is -2.34. The largest absolute Gasteiger partial charge is 0.493 e. The number of amides is 2. The molecule has 2 N–H and O–H groups in total. The number of hydrogen-bond donors (Lipinski definition) is 2. The Bertz CT molecular complexity index is 689. The molecule has 1 fully saturated rings. The molecule has 1 heterocycles. The summed E-state index contributed by atoms with van der Waals surface area (Å²) in [4.78, 5) is 36.8. The molecule has 1 aromatic rings. The summed E-state index contributed by atoms with van der Waals surface area (Å²) in [6.07, 6.45) is 0.387. The molecule has 0 radical (unpaired) electrons. The molecule has 136 valence electrons. The van der Waals surface area contributed by atoms with Crippen molar-refractivity contribution in [2.45, 2.75) is 6.42 Å². The van der Waals surface area contributed by atoms with Crippen LogP contribution in [0.15, 0.2) is 12.1 Å². The van der Waals surface area contributed by atoms with E-state index in [4.69, 9.17) is 19.3 Å². The van der Waals surface area contributed by atoms with E-state index < -0.39 is 23.9 Å². The maximum atomic E-state index is 12.4. The number of methoxy groups -OCH3 is 3. The van der Waals surface area contributed by atoms with Crippen LogP contribution < -0.4 is 14.8 Å². The lowest BCUT2D eigenvalue weighted by molar-refractivity contribution is -0.141. The van der Waals surface area contributed by atoms with E-state index in [0.717, 1.165) is 0 Å². The van der Waals surface area contributed by atoms with Crippen LogP contribution in [0.2, 0.25) is 0 Å². The number of nitrogens with one attached hydrogen (secondary N) is 1. The number of carbonyl (C=O) groups excluding carboxylic acids is 2. The number of rotatable bonds is 5. The minimum absolute atomic E-state index is 0.0995. The number of urea groups is 1. The van der Waals surface area contributed by atoms with Gasteiger partial charge in [-0.2, -0.15) is 0 Å². The Morgan fingerprint density at radius 2 is 1.80 bits per heavy atom. The standard InChI is InChI=1S/C16H20N2O7/c1-23-12-6-10(15(21)25-3)11(7-13(12)24-2)17-16(22)18-5-4-9(8-18)14(19)20/h6-7,9H,4-5,8H2,1-3H3,(H,17,22)(H,19,20). The maximum Gasteiger partial charge on any atom is 0.340 e. The second kappa shape index (κ2) is 7.73. The molecule has 0 spiro atoms. The Morgan fingerprint density at radius 1 is 1.16 bits per heavy atom. The topological polar surface area (TPSA) is 114 Å². The van der Waals surface area contributed by atoms with Crippen molar-refractivity contribution in [3.63, 3.8) is 0 Å². The van der Waals surface area contributed by atoms with Gasteiger partial charge in [-0.05, 0) is 6.42 Å². The highest BCUT2D eigenvalue weighted by Crippen LogP contribution is 2.34. The molecule has 0 bridgehead atoms. The molecule has 1 atom stereocenters. The van der Waals surface area contributed by atoms with E-state index in [1.807, 2.05) is 0 Å². The van der Waals surface area contributed by atoms with E-state index in [0.29, 0.717) is 24.5 Å². The number of aliphatic carboxylic acids is 1. The van der Waals surface area contributed by atoms with Gasteiger partial charge in [0.05, 0.1) is 38.5 Å². The summed E-state index contributed by atoms with van der Waals surface area (Å²) >= 11 is 0. The summed E-state index contributed by atoms with van der Waals surface area (Å²) in [7, 11) is 4.08. The number of ether oxygens (including phenoxy) is 3. The van der Waals surface area contributed by atoms with Gasteiger partial charge in [0.15, 0.2) is 11.5 Å². The number of nitrogens with zero attached hydrogens (tertiary/aromatic N) is 1. The molecule has 2 rings (SSSR count). The Hall–Kier alpha value is -2.97. The second-order valence-corrected chi connectivity index (χ2v) is 5.44. The lowest BCUT2D eigenvalue weighted by atomic mass is 10.1. The highest BCUT2D eigenvalue weighted by molar-refractivity contribution is 6.02. The maximum absolute atomic E-state index is 12.4. The number of anilines is 1. The van der Waals surface area contributed by atoms with Crippen molar-refractivity contribution in [3.05, 3.63) is 17.7 Å². The first-order chi connectivity index (χ1) is 11.9.